The Kier molecular flexibility index (Phi) is 1.64. The number of hydrogen-bond acceptors (Lipinski definition) is 1. The molecule has 1 aliphatic heterocycles. The van der Waals surface area contributed by atoms with Crippen LogP contribution in [0.15, 0.2) is 24.3 Å². The molecule has 1 aromatic rings. The highest BCUT2D eigenvalue weighted by molar-refractivity contribution is 5.37. The van der Waals surface area contributed by atoms with Gasteiger partial charge in [-0.2, -0.15) is 0 Å². The molecule has 0 saturated heterocycles. The normalized spacial score (nSPS) is 34.5. The van der Waals surface area contributed by atoms with Crippen LogP contribution in [0, 0.1) is 5.92 Å². The standard InChI is InChI=1S/C13H16O/c1-13-8-4-6-11(13)9-10-5-2-3-7-12(10)14-13/h2-3,5,7,11H,4,6,8-9H2,1H3/t11-,13-/m0/s1. The predicted molar refractivity (Wildman–Crippen MR) is 56.5 cm³/mol. The minimum atomic E-state index is 0.133. The van der Waals surface area contributed by atoms with E-state index in [1.165, 1.54) is 31.2 Å². The second-order valence-electron chi connectivity index (χ2n) is 4.82. The highest BCUT2D eigenvalue weighted by Gasteiger charge is 2.43. The van der Waals surface area contributed by atoms with Gasteiger partial charge in [0.15, 0.2) is 0 Å². The Balaban J connectivity index is 2.02. The molecule has 2 atom stereocenters. The summed E-state index contributed by atoms with van der Waals surface area (Å²) in [6.07, 6.45) is 5.11. The molecule has 2 aliphatic rings. The summed E-state index contributed by atoms with van der Waals surface area (Å²) < 4.78 is 6.14. The first kappa shape index (κ1) is 8.34. The van der Waals surface area contributed by atoms with Crippen LogP contribution in [0.4, 0.5) is 0 Å². The summed E-state index contributed by atoms with van der Waals surface area (Å²) in [6, 6.07) is 8.49. The number of para-hydroxylation sites is 1. The zero-order chi connectivity index (χ0) is 9.60. The van der Waals surface area contributed by atoms with Crippen molar-refractivity contribution in [2.24, 2.45) is 5.92 Å². The topological polar surface area (TPSA) is 9.23 Å². The smallest absolute Gasteiger partial charge is 0.123 e. The van der Waals surface area contributed by atoms with Crippen molar-refractivity contribution in [1.29, 1.82) is 0 Å². The Labute approximate surface area is 85.1 Å². The van der Waals surface area contributed by atoms with Crippen LogP contribution in [-0.2, 0) is 6.42 Å². The van der Waals surface area contributed by atoms with E-state index < -0.39 is 0 Å². The molecule has 0 aromatic heterocycles. The van der Waals surface area contributed by atoms with Gasteiger partial charge in [0, 0.05) is 5.92 Å². The molecule has 1 aromatic carbocycles. The fraction of sp³-hybridized carbons (Fsp3) is 0.538. The lowest BCUT2D eigenvalue weighted by Crippen LogP contribution is -2.40. The first-order valence-electron chi connectivity index (χ1n) is 5.55. The maximum Gasteiger partial charge on any atom is 0.123 e. The van der Waals surface area contributed by atoms with Crippen LogP contribution in [0.5, 0.6) is 5.75 Å². The molecule has 3 rings (SSSR count). The fourth-order valence-electron chi connectivity index (χ4n) is 2.95. The molecule has 1 fully saturated rings. The van der Waals surface area contributed by atoms with E-state index in [0.717, 1.165) is 11.7 Å². The maximum atomic E-state index is 6.14. The van der Waals surface area contributed by atoms with Crippen molar-refractivity contribution in [2.45, 2.75) is 38.2 Å². The number of benzene rings is 1. The highest BCUT2D eigenvalue weighted by atomic mass is 16.5. The molecular weight excluding hydrogens is 172 g/mol. The SMILES string of the molecule is C[C@]12CCC[C@H]1Cc1ccccc1O2. The van der Waals surface area contributed by atoms with E-state index >= 15 is 0 Å². The van der Waals surface area contributed by atoms with Gasteiger partial charge in [0.2, 0.25) is 0 Å². The average Bonchev–Trinajstić information content (AvgIpc) is 2.54. The van der Waals surface area contributed by atoms with Gasteiger partial charge in [0.1, 0.15) is 11.4 Å². The first-order chi connectivity index (χ1) is 6.78. The second kappa shape index (κ2) is 2.75. The lowest BCUT2D eigenvalue weighted by Gasteiger charge is -2.38. The zero-order valence-electron chi connectivity index (χ0n) is 8.62. The van der Waals surface area contributed by atoms with E-state index in [0.29, 0.717) is 0 Å². The van der Waals surface area contributed by atoms with Crippen molar-refractivity contribution < 1.29 is 4.74 Å². The van der Waals surface area contributed by atoms with E-state index in [-0.39, 0.29) is 5.60 Å². The fourth-order valence-corrected chi connectivity index (χ4v) is 2.95. The van der Waals surface area contributed by atoms with Crippen LogP contribution >= 0.6 is 0 Å². The summed E-state index contributed by atoms with van der Waals surface area (Å²) in [5.74, 6) is 1.87. The average molecular weight is 188 g/mol. The van der Waals surface area contributed by atoms with Crippen LogP contribution in [0.25, 0.3) is 0 Å². The van der Waals surface area contributed by atoms with Crippen molar-refractivity contribution in [1.82, 2.24) is 0 Å². The van der Waals surface area contributed by atoms with Gasteiger partial charge < -0.3 is 4.74 Å². The van der Waals surface area contributed by atoms with Gasteiger partial charge in [-0.05, 0) is 44.2 Å². The summed E-state index contributed by atoms with van der Waals surface area (Å²) >= 11 is 0. The number of fused-ring (bicyclic) bond motifs is 2. The van der Waals surface area contributed by atoms with E-state index in [1.807, 2.05) is 0 Å². The molecule has 1 heterocycles. The summed E-state index contributed by atoms with van der Waals surface area (Å²) in [5, 5.41) is 0. The summed E-state index contributed by atoms with van der Waals surface area (Å²) in [6.45, 7) is 2.28. The molecule has 0 bridgehead atoms. The van der Waals surface area contributed by atoms with Crippen molar-refractivity contribution in [2.75, 3.05) is 0 Å². The van der Waals surface area contributed by atoms with E-state index in [9.17, 15) is 0 Å². The zero-order valence-corrected chi connectivity index (χ0v) is 8.62. The number of hydrogen-bond donors (Lipinski definition) is 0. The monoisotopic (exact) mass is 188 g/mol. The Morgan fingerprint density at radius 2 is 2.21 bits per heavy atom. The molecular formula is C13H16O. The van der Waals surface area contributed by atoms with Crippen LogP contribution < -0.4 is 4.74 Å². The van der Waals surface area contributed by atoms with Gasteiger partial charge in [-0.3, -0.25) is 0 Å². The lowest BCUT2D eigenvalue weighted by molar-refractivity contribution is 0.0325. The Morgan fingerprint density at radius 1 is 1.36 bits per heavy atom. The Hall–Kier alpha value is -0.980. The third kappa shape index (κ3) is 1.08. The van der Waals surface area contributed by atoms with Crippen LogP contribution in [0.2, 0.25) is 0 Å². The van der Waals surface area contributed by atoms with Gasteiger partial charge in [-0.25, -0.2) is 0 Å². The molecule has 0 spiro atoms. The number of ether oxygens (including phenoxy) is 1. The third-order valence-electron chi connectivity index (χ3n) is 3.87. The minimum Gasteiger partial charge on any atom is -0.487 e. The lowest BCUT2D eigenvalue weighted by atomic mass is 9.84. The molecule has 74 valence electrons. The highest BCUT2D eigenvalue weighted by Crippen LogP contribution is 2.46. The van der Waals surface area contributed by atoms with Gasteiger partial charge in [0.05, 0.1) is 0 Å². The Morgan fingerprint density at radius 3 is 3.14 bits per heavy atom. The summed E-state index contributed by atoms with van der Waals surface area (Å²) in [7, 11) is 0. The van der Waals surface area contributed by atoms with Gasteiger partial charge in [-0.1, -0.05) is 18.2 Å². The number of rotatable bonds is 0. The molecule has 0 radical (unpaired) electrons. The first-order valence-corrected chi connectivity index (χ1v) is 5.55. The van der Waals surface area contributed by atoms with Crippen molar-refractivity contribution in [3.05, 3.63) is 29.8 Å². The van der Waals surface area contributed by atoms with Gasteiger partial charge in [-0.15, -0.1) is 0 Å². The van der Waals surface area contributed by atoms with E-state index in [1.54, 1.807) is 0 Å². The van der Waals surface area contributed by atoms with Gasteiger partial charge in [0.25, 0.3) is 0 Å². The summed E-state index contributed by atoms with van der Waals surface area (Å²) in [4.78, 5) is 0. The quantitative estimate of drug-likeness (QED) is 0.607. The molecule has 0 N–H and O–H groups in total. The molecule has 0 unspecified atom stereocenters. The largest absolute Gasteiger partial charge is 0.487 e. The van der Waals surface area contributed by atoms with Crippen molar-refractivity contribution in [3.8, 4) is 5.75 Å². The van der Waals surface area contributed by atoms with Crippen LogP contribution in [-0.4, -0.2) is 5.60 Å². The molecule has 0 amide bonds. The Bertz CT molecular complexity index is 358. The van der Waals surface area contributed by atoms with Gasteiger partial charge >= 0.3 is 0 Å². The summed E-state index contributed by atoms with van der Waals surface area (Å²) in [5.41, 5.74) is 1.53. The molecule has 1 aliphatic carbocycles. The van der Waals surface area contributed by atoms with Crippen LogP contribution in [0.3, 0.4) is 0 Å². The minimum absolute atomic E-state index is 0.133. The van der Waals surface area contributed by atoms with Crippen molar-refractivity contribution >= 4 is 0 Å². The van der Waals surface area contributed by atoms with Crippen molar-refractivity contribution in [3.63, 3.8) is 0 Å². The molecule has 1 nitrogen and oxygen atoms in total. The maximum absolute atomic E-state index is 6.14. The van der Waals surface area contributed by atoms with Crippen LogP contribution in [0.1, 0.15) is 31.7 Å². The van der Waals surface area contributed by atoms with E-state index in [4.69, 9.17) is 4.74 Å². The molecule has 1 heteroatoms. The molecule has 14 heavy (non-hydrogen) atoms. The second-order valence-corrected chi connectivity index (χ2v) is 4.82. The van der Waals surface area contributed by atoms with E-state index in [2.05, 4.69) is 31.2 Å². The molecule has 1 saturated carbocycles. The third-order valence-corrected chi connectivity index (χ3v) is 3.87. The predicted octanol–water partition coefficient (Wildman–Crippen LogP) is 3.18.